The van der Waals surface area contributed by atoms with E-state index in [9.17, 15) is 19.7 Å². The van der Waals surface area contributed by atoms with Crippen LogP contribution < -0.4 is 5.32 Å². The first-order valence-electron chi connectivity index (χ1n) is 7.07. The Bertz CT molecular complexity index is 809. The first-order valence-corrected chi connectivity index (χ1v) is 7.07. The number of carbonyl (C=O) groups is 2. The molecule has 0 fully saturated rings. The number of aryl methyl sites for hydroxylation is 3. The summed E-state index contributed by atoms with van der Waals surface area (Å²) in [4.78, 5) is 34.3. The van der Waals surface area contributed by atoms with Crippen LogP contribution in [0.5, 0.6) is 0 Å². The average molecular weight is 332 g/mol. The van der Waals surface area contributed by atoms with E-state index in [0.717, 1.165) is 0 Å². The van der Waals surface area contributed by atoms with Crippen molar-refractivity contribution in [3.63, 3.8) is 0 Å². The number of carbonyl (C=O) groups excluding carboxylic acids is 2. The minimum atomic E-state index is -0.696. The van der Waals surface area contributed by atoms with Crippen molar-refractivity contribution in [2.24, 2.45) is 0 Å². The van der Waals surface area contributed by atoms with E-state index in [1.807, 2.05) is 0 Å². The van der Waals surface area contributed by atoms with Gasteiger partial charge in [-0.05, 0) is 32.4 Å². The Labute approximate surface area is 137 Å². The molecule has 0 bridgehead atoms. The molecule has 0 aliphatic heterocycles. The summed E-state index contributed by atoms with van der Waals surface area (Å²) in [5.41, 5.74) is 0.627. The molecule has 0 saturated carbocycles. The van der Waals surface area contributed by atoms with Gasteiger partial charge in [-0.2, -0.15) is 0 Å². The lowest BCUT2D eigenvalue weighted by Crippen LogP contribution is -2.22. The monoisotopic (exact) mass is 332 g/mol. The van der Waals surface area contributed by atoms with Gasteiger partial charge in [-0.3, -0.25) is 14.9 Å². The first-order chi connectivity index (χ1) is 11.3. The van der Waals surface area contributed by atoms with Crippen molar-refractivity contribution in [2.75, 3.05) is 11.9 Å². The van der Waals surface area contributed by atoms with Crippen LogP contribution in [-0.4, -0.2) is 23.4 Å². The molecule has 1 heterocycles. The van der Waals surface area contributed by atoms with Crippen molar-refractivity contribution >= 4 is 23.3 Å². The summed E-state index contributed by atoms with van der Waals surface area (Å²) in [5, 5.41) is 13.4. The molecular formula is C16H16N2O6. The minimum absolute atomic E-state index is 0.0823. The number of hydrogen-bond acceptors (Lipinski definition) is 6. The normalized spacial score (nSPS) is 10.3. The van der Waals surface area contributed by atoms with E-state index in [-0.39, 0.29) is 16.9 Å². The Balaban J connectivity index is 2.03. The third-order valence-electron chi connectivity index (χ3n) is 3.31. The number of nitrogens with zero attached hydrogens (tertiary/aromatic N) is 1. The van der Waals surface area contributed by atoms with Gasteiger partial charge in [0.05, 0.1) is 4.92 Å². The van der Waals surface area contributed by atoms with Gasteiger partial charge in [0.15, 0.2) is 6.61 Å². The van der Waals surface area contributed by atoms with Crippen molar-refractivity contribution < 1.29 is 23.7 Å². The summed E-state index contributed by atoms with van der Waals surface area (Å²) >= 11 is 0. The molecule has 24 heavy (non-hydrogen) atoms. The van der Waals surface area contributed by atoms with Gasteiger partial charge >= 0.3 is 5.97 Å². The van der Waals surface area contributed by atoms with E-state index in [0.29, 0.717) is 17.1 Å². The summed E-state index contributed by atoms with van der Waals surface area (Å²) in [6.07, 6.45) is 0. The number of para-hydroxylation sites is 1. The lowest BCUT2D eigenvalue weighted by atomic mass is 10.1. The lowest BCUT2D eigenvalue weighted by Gasteiger charge is -2.09. The standard InChI is InChI=1S/C16H16N2O6/c1-9-5-4-6-13(18(21)22)15(9)17-14(19)8-23-16(20)12-7-10(2)24-11(12)3/h4-7H,8H2,1-3H3,(H,17,19). The summed E-state index contributed by atoms with van der Waals surface area (Å²) in [7, 11) is 0. The number of rotatable bonds is 5. The molecule has 8 heteroatoms. The van der Waals surface area contributed by atoms with Crippen molar-refractivity contribution in [1.82, 2.24) is 0 Å². The Morgan fingerprint density at radius 1 is 1.29 bits per heavy atom. The second-order valence-corrected chi connectivity index (χ2v) is 5.18. The average Bonchev–Trinajstić information content (AvgIpc) is 2.85. The van der Waals surface area contributed by atoms with Gasteiger partial charge in [0, 0.05) is 6.07 Å². The number of nitrogens with one attached hydrogen (secondary N) is 1. The van der Waals surface area contributed by atoms with Crippen LogP contribution in [0, 0.1) is 30.9 Å². The van der Waals surface area contributed by atoms with Crippen molar-refractivity contribution in [3.05, 3.63) is 57.0 Å². The zero-order valence-corrected chi connectivity index (χ0v) is 13.4. The van der Waals surface area contributed by atoms with Crippen molar-refractivity contribution in [2.45, 2.75) is 20.8 Å². The Hall–Kier alpha value is -3.16. The molecule has 1 N–H and O–H groups in total. The van der Waals surface area contributed by atoms with Gasteiger partial charge in [-0.1, -0.05) is 12.1 Å². The van der Waals surface area contributed by atoms with Crippen LogP contribution >= 0.6 is 0 Å². The molecule has 1 aromatic carbocycles. The largest absolute Gasteiger partial charge is 0.466 e. The third kappa shape index (κ3) is 3.78. The fraction of sp³-hybridized carbons (Fsp3) is 0.250. The van der Waals surface area contributed by atoms with Crippen LogP contribution in [0.2, 0.25) is 0 Å². The highest BCUT2D eigenvalue weighted by molar-refractivity contribution is 5.97. The predicted molar refractivity (Wildman–Crippen MR) is 84.9 cm³/mol. The van der Waals surface area contributed by atoms with E-state index in [4.69, 9.17) is 9.15 Å². The van der Waals surface area contributed by atoms with Crippen LogP contribution in [0.1, 0.15) is 27.4 Å². The van der Waals surface area contributed by atoms with Crippen molar-refractivity contribution in [1.29, 1.82) is 0 Å². The molecule has 0 atom stereocenters. The van der Waals surface area contributed by atoms with Gasteiger partial charge < -0.3 is 14.5 Å². The molecule has 0 radical (unpaired) electrons. The number of nitro groups is 1. The summed E-state index contributed by atoms with van der Waals surface area (Å²) in [5.74, 6) is -0.413. The van der Waals surface area contributed by atoms with Gasteiger partial charge in [-0.15, -0.1) is 0 Å². The topological polar surface area (TPSA) is 112 Å². The van der Waals surface area contributed by atoms with E-state index in [2.05, 4.69) is 5.32 Å². The predicted octanol–water partition coefficient (Wildman–Crippen LogP) is 2.91. The maximum absolute atomic E-state index is 11.9. The second kappa shape index (κ2) is 6.95. The SMILES string of the molecule is Cc1cc(C(=O)OCC(=O)Nc2c(C)cccc2[N+](=O)[O-])c(C)o1. The van der Waals surface area contributed by atoms with Crippen LogP contribution in [0.25, 0.3) is 0 Å². The van der Waals surface area contributed by atoms with Crippen molar-refractivity contribution in [3.8, 4) is 0 Å². The first kappa shape index (κ1) is 17.2. The van der Waals surface area contributed by atoms with Crippen LogP contribution in [0.3, 0.4) is 0 Å². The van der Waals surface area contributed by atoms with Crippen LogP contribution in [0.4, 0.5) is 11.4 Å². The number of hydrogen-bond donors (Lipinski definition) is 1. The van der Waals surface area contributed by atoms with E-state index in [1.165, 1.54) is 18.2 Å². The van der Waals surface area contributed by atoms with Gasteiger partial charge in [0.2, 0.25) is 0 Å². The summed E-state index contributed by atoms with van der Waals surface area (Å²) in [6.45, 7) is 4.37. The van der Waals surface area contributed by atoms with E-state index >= 15 is 0 Å². The number of anilines is 1. The quantitative estimate of drug-likeness (QED) is 0.512. The highest BCUT2D eigenvalue weighted by Gasteiger charge is 2.20. The smallest absolute Gasteiger partial charge is 0.342 e. The maximum atomic E-state index is 11.9. The molecule has 2 rings (SSSR count). The van der Waals surface area contributed by atoms with Crippen LogP contribution in [0.15, 0.2) is 28.7 Å². The van der Waals surface area contributed by atoms with Gasteiger partial charge in [-0.25, -0.2) is 4.79 Å². The molecular weight excluding hydrogens is 316 g/mol. The van der Waals surface area contributed by atoms with Gasteiger partial charge in [0.25, 0.3) is 11.6 Å². The maximum Gasteiger partial charge on any atom is 0.342 e. The highest BCUT2D eigenvalue weighted by atomic mass is 16.6. The Kier molecular flexibility index (Phi) is 4.98. The number of esters is 1. The van der Waals surface area contributed by atoms with Crippen LogP contribution in [-0.2, 0) is 9.53 Å². The minimum Gasteiger partial charge on any atom is -0.466 e. The molecule has 0 spiro atoms. The highest BCUT2D eigenvalue weighted by Crippen LogP contribution is 2.27. The number of ether oxygens (including phenoxy) is 1. The van der Waals surface area contributed by atoms with E-state index in [1.54, 1.807) is 26.8 Å². The second-order valence-electron chi connectivity index (χ2n) is 5.18. The number of nitro benzene ring substituents is 1. The molecule has 0 unspecified atom stereocenters. The third-order valence-corrected chi connectivity index (χ3v) is 3.31. The summed E-state index contributed by atoms with van der Waals surface area (Å²) < 4.78 is 10.1. The van der Waals surface area contributed by atoms with Gasteiger partial charge in [0.1, 0.15) is 22.8 Å². The Morgan fingerprint density at radius 2 is 2.00 bits per heavy atom. The zero-order chi connectivity index (χ0) is 17.9. The lowest BCUT2D eigenvalue weighted by molar-refractivity contribution is -0.384. The fourth-order valence-electron chi connectivity index (χ4n) is 2.18. The molecule has 0 aliphatic carbocycles. The molecule has 1 amide bonds. The molecule has 126 valence electrons. The summed E-state index contributed by atoms with van der Waals surface area (Å²) in [6, 6.07) is 5.95. The zero-order valence-electron chi connectivity index (χ0n) is 13.4. The van der Waals surface area contributed by atoms with E-state index < -0.39 is 23.4 Å². The molecule has 2 aromatic rings. The number of amides is 1. The Morgan fingerprint density at radius 3 is 2.58 bits per heavy atom. The molecule has 8 nitrogen and oxygen atoms in total. The number of benzene rings is 1. The molecule has 1 aromatic heterocycles. The molecule has 0 aliphatic rings. The fourth-order valence-corrected chi connectivity index (χ4v) is 2.18. The number of furan rings is 1. The molecule has 0 saturated heterocycles.